The number of carbonyl (C=O) groups is 1. The number of hydrogen-bond donors (Lipinski definition) is 0. The number of methoxy groups -OCH3 is 1. The van der Waals surface area contributed by atoms with Gasteiger partial charge in [0.1, 0.15) is 11.5 Å². The highest BCUT2D eigenvalue weighted by Gasteiger charge is 2.13. The van der Waals surface area contributed by atoms with E-state index in [2.05, 4.69) is 0 Å². The second kappa shape index (κ2) is 5.96. The zero-order valence-corrected chi connectivity index (χ0v) is 12.8. The minimum atomic E-state index is -0.571. The Balaban J connectivity index is 2.00. The lowest BCUT2D eigenvalue weighted by atomic mass is 10.1. The first-order valence-corrected chi connectivity index (χ1v) is 7.05. The number of aromatic nitrogens is 1. The number of ether oxygens (including phenoxy) is 2. The number of nitrogens with zero attached hydrogens (tertiary/aromatic N) is 1. The summed E-state index contributed by atoms with van der Waals surface area (Å²) >= 11 is 0. The lowest BCUT2D eigenvalue weighted by Crippen LogP contribution is -2.18. The second-order valence-electron chi connectivity index (χ2n) is 5.07. The van der Waals surface area contributed by atoms with Crippen molar-refractivity contribution in [3.05, 3.63) is 70.6 Å². The Bertz CT molecular complexity index is 943. The molecule has 0 saturated heterocycles. The van der Waals surface area contributed by atoms with Gasteiger partial charge in [0.05, 0.1) is 12.7 Å². The van der Waals surface area contributed by atoms with Crippen LogP contribution in [0.1, 0.15) is 10.4 Å². The third kappa shape index (κ3) is 2.81. The van der Waals surface area contributed by atoms with Gasteiger partial charge in [-0.3, -0.25) is 4.79 Å². The molecular formula is C18H15NO4. The predicted octanol–water partition coefficient (Wildman–Crippen LogP) is 2.77. The molecule has 0 atom stereocenters. The highest BCUT2D eigenvalue weighted by molar-refractivity contribution is 5.97. The van der Waals surface area contributed by atoms with Crippen LogP contribution in [0.2, 0.25) is 0 Å². The molecule has 5 nitrogen and oxygen atoms in total. The Hall–Kier alpha value is -3.08. The van der Waals surface area contributed by atoms with E-state index in [0.717, 1.165) is 10.8 Å². The van der Waals surface area contributed by atoms with Gasteiger partial charge >= 0.3 is 5.97 Å². The smallest absolute Gasteiger partial charge is 0.343 e. The lowest BCUT2D eigenvalue weighted by Gasteiger charge is -2.11. The summed E-state index contributed by atoms with van der Waals surface area (Å²) in [5.41, 5.74) is -0.0490. The Morgan fingerprint density at radius 2 is 1.65 bits per heavy atom. The molecule has 3 rings (SSSR count). The van der Waals surface area contributed by atoms with Crippen LogP contribution in [0.5, 0.6) is 11.5 Å². The molecule has 0 saturated carbocycles. The van der Waals surface area contributed by atoms with E-state index in [4.69, 9.17) is 9.47 Å². The van der Waals surface area contributed by atoms with E-state index in [1.165, 1.54) is 16.8 Å². The first-order chi connectivity index (χ1) is 11.1. The van der Waals surface area contributed by atoms with Gasteiger partial charge in [-0.1, -0.05) is 24.3 Å². The maximum atomic E-state index is 12.3. The minimum absolute atomic E-state index is 0.216. The topological polar surface area (TPSA) is 57.5 Å². The molecular weight excluding hydrogens is 294 g/mol. The molecule has 0 radical (unpaired) electrons. The number of rotatable bonds is 3. The standard InChI is InChI=1S/C18H15NO4/c1-19-10-9-12(11-17(19)20)18(21)23-16-8-7-15(22-2)13-5-3-4-6-14(13)16/h3-11H,1-2H3. The molecule has 3 aromatic rings. The normalized spacial score (nSPS) is 10.5. The number of fused-ring (bicyclic) bond motifs is 1. The molecule has 0 aliphatic carbocycles. The van der Waals surface area contributed by atoms with Crippen LogP contribution in [-0.2, 0) is 7.05 Å². The van der Waals surface area contributed by atoms with Crippen molar-refractivity contribution in [1.82, 2.24) is 4.57 Å². The fraction of sp³-hybridized carbons (Fsp3) is 0.111. The van der Waals surface area contributed by atoms with Crippen LogP contribution < -0.4 is 15.0 Å². The summed E-state index contributed by atoms with van der Waals surface area (Å²) in [6, 6.07) is 13.7. The summed E-state index contributed by atoms with van der Waals surface area (Å²) in [4.78, 5) is 23.9. The molecule has 0 bridgehead atoms. The van der Waals surface area contributed by atoms with Gasteiger partial charge in [-0.15, -0.1) is 0 Å². The van der Waals surface area contributed by atoms with E-state index in [1.807, 2.05) is 24.3 Å². The summed E-state index contributed by atoms with van der Waals surface area (Å²) in [6.07, 6.45) is 1.53. The van der Waals surface area contributed by atoms with Gasteiger partial charge in [-0.2, -0.15) is 0 Å². The van der Waals surface area contributed by atoms with Crippen molar-refractivity contribution in [3.8, 4) is 11.5 Å². The third-order valence-electron chi connectivity index (χ3n) is 3.61. The summed E-state index contributed by atoms with van der Waals surface area (Å²) in [6.45, 7) is 0. The molecule has 0 N–H and O–H groups in total. The number of esters is 1. The average Bonchev–Trinajstić information content (AvgIpc) is 2.57. The van der Waals surface area contributed by atoms with Crippen molar-refractivity contribution in [1.29, 1.82) is 0 Å². The van der Waals surface area contributed by atoms with E-state index in [-0.39, 0.29) is 11.1 Å². The molecule has 0 spiro atoms. The van der Waals surface area contributed by atoms with Crippen LogP contribution >= 0.6 is 0 Å². The number of carbonyl (C=O) groups excluding carboxylic acids is 1. The quantitative estimate of drug-likeness (QED) is 0.551. The van der Waals surface area contributed by atoms with E-state index >= 15 is 0 Å². The minimum Gasteiger partial charge on any atom is -0.496 e. The van der Waals surface area contributed by atoms with Crippen molar-refractivity contribution in [2.75, 3.05) is 7.11 Å². The fourth-order valence-electron chi connectivity index (χ4n) is 2.35. The van der Waals surface area contributed by atoms with Gasteiger partial charge in [-0.05, 0) is 18.2 Å². The zero-order valence-electron chi connectivity index (χ0n) is 12.8. The number of aryl methyl sites for hydroxylation is 1. The van der Waals surface area contributed by atoms with Crippen LogP contribution in [0.3, 0.4) is 0 Å². The van der Waals surface area contributed by atoms with Crippen molar-refractivity contribution in [2.24, 2.45) is 7.05 Å². The van der Waals surface area contributed by atoms with E-state index < -0.39 is 5.97 Å². The summed E-state index contributed by atoms with van der Waals surface area (Å²) in [5.74, 6) is 0.555. The Morgan fingerprint density at radius 1 is 1.00 bits per heavy atom. The van der Waals surface area contributed by atoms with Crippen molar-refractivity contribution in [3.63, 3.8) is 0 Å². The molecule has 0 unspecified atom stereocenters. The molecule has 0 aliphatic rings. The predicted molar refractivity (Wildman–Crippen MR) is 87.1 cm³/mol. The Morgan fingerprint density at radius 3 is 2.30 bits per heavy atom. The van der Waals surface area contributed by atoms with Gasteiger partial charge in [-0.25, -0.2) is 4.79 Å². The summed E-state index contributed by atoms with van der Waals surface area (Å²) in [5, 5.41) is 1.62. The molecule has 116 valence electrons. The monoisotopic (exact) mass is 309 g/mol. The van der Waals surface area contributed by atoms with Gasteiger partial charge in [0.2, 0.25) is 0 Å². The van der Waals surface area contributed by atoms with E-state index in [1.54, 1.807) is 32.4 Å². The van der Waals surface area contributed by atoms with Crippen LogP contribution in [0.15, 0.2) is 59.5 Å². The first kappa shape index (κ1) is 14.8. The van der Waals surface area contributed by atoms with Gasteiger partial charge in [0.25, 0.3) is 5.56 Å². The molecule has 0 aliphatic heterocycles. The molecule has 23 heavy (non-hydrogen) atoms. The van der Waals surface area contributed by atoms with E-state index in [9.17, 15) is 9.59 Å². The third-order valence-corrected chi connectivity index (χ3v) is 3.61. The highest BCUT2D eigenvalue weighted by Crippen LogP contribution is 2.33. The van der Waals surface area contributed by atoms with Crippen molar-refractivity contribution >= 4 is 16.7 Å². The zero-order chi connectivity index (χ0) is 16.4. The number of pyridine rings is 1. The first-order valence-electron chi connectivity index (χ1n) is 7.05. The van der Waals surface area contributed by atoms with Crippen molar-refractivity contribution < 1.29 is 14.3 Å². The molecule has 1 heterocycles. The second-order valence-corrected chi connectivity index (χ2v) is 5.07. The SMILES string of the molecule is COc1ccc(OC(=O)c2ccn(C)c(=O)c2)c2ccccc12. The Kier molecular flexibility index (Phi) is 3.85. The van der Waals surface area contributed by atoms with Gasteiger partial charge in [0.15, 0.2) is 0 Å². The fourth-order valence-corrected chi connectivity index (χ4v) is 2.35. The summed E-state index contributed by atoms with van der Waals surface area (Å²) < 4.78 is 12.2. The van der Waals surface area contributed by atoms with Crippen LogP contribution in [0, 0.1) is 0 Å². The summed E-state index contributed by atoms with van der Waals surface area (Å²) in [7, 11) is 3.21. The molecule has 5 heteroatoms. The van der Waals surface area contributed by atoms with Crippen LogP contribution in [-0.4, -0.2) is 17.6 Å². The van der Waals surface area contributed by atoms with Gasteiger partial charge in [0, 0.05) is 30.1 Å². The van der Waals surface area contributed by atoms with Crippen LogP contribution in [0.4, 0.5) is 0 Å². The number of benzene rings is 2. The largest absolute Gasteiger partial charge is 0.496 e. The molecule has 0 amide bonds. The van der Waals surface area contributed by atoms with E-state index in [0.29, 0.717) is 11.5 Å². The highest BCUT2D eigenvalue weighted by atomic mass is 16.5. The average molecular weight is 309 g/mol. The lowest BCUT2D eigenvalue weighted by molar-refractivity contribution is 0.0736. The maximum absolute atomic E-state index is 12.3. The van der Waals surface area contributed by atoms with Crippen LogP contribution in [0.25, 0.3) is 10.8 Å². The maximum Gasteiger partial charge on any atom is 0.343 e. The van der Waals surface area contributed by atoms with Gasteiger partial charge < -0.3 is 14.0 Å². The molecule has 1 aromatic heterocycles. The molecule has 0 fully saturated rings. The van der Waals surface area contributed by atoms with Crippen molar-refractivity contribution in [2.45, 2.75) is 0 Å². The number of hydrogen-bond acceptors (Lipinski definition) is 4. The molecule has 2 aromatic carbocycles. The Labute approximate surface area is 132 Å².